The molecule has 1 unspecified atom stereocenters. The van der Waals surface area contributed by atoms with Crippen LogP contribution in [0.15, 0.2) is 23.6 Å². The fraction of sp³-hybridized carbons (Fsp3) is 0.462. The number of amides is 1. The summed E-state index contributed by atoms with van der Waals surface area (Å²) in [7, 11) is 0. The summed E-state index contributed by atoms with van der Waals surface area (Å²) >= 11 is 0. The van der Waals surface area contributed by atoms with Gasteiger partial charge in [0.15, 0.2) is 5.84 Å². The van der Waals surface area contributed by atoms with Crippen molar-refractivity contribution < 1.29 is 10.0 Å². The molecule has 1 atom stereocenters. The van der Waals surface area contributed by atoms with Crippen LogP contribution in [0.25, 0.3) is 0 Å². The zero-order valence-corrected chi connectivity index (χ0v) is 11.3. The summed E-state index contributed by atoms with van der Waals surface area (Å²) < 4.78 is 0. The number of aromatic nitrogens is 1. The number of nitrogens with zero attached hydrogens (tertiary/aromatic N) is 2. The molecule has 0 aliphatic carbocycles. The predicted octanol–water partition coefficient (Wildman–Crippen LogP) is 1.17. The van der Waals surface area contributed by atoms with Gasteiger partial charge in [0.1, 0.15) is 0 Å². The smallest absolute Gasteiger partial charge is 0.231 e. The van der Waals surface area contributed by atoms with Gasteiger partial charge in [0.25, 0.3) is 0 Å². The normalized spacial score (nSPS) is 13.1. The molecule has 0 aliphatic rings. The van der Waals surface area contributed by atoms with Crippen LogP contribution < -0.4 is 11.1 Å². The molecule has 0 aromatic carbocycles. The molecule has 0 saturated carbocycles. The molecular formula is C13H20N4O2. The van der Waals surface area contributed by atoms with Crippen LogP contribution in [0.3, 0.4) is 0 Å². The third kappa shape index (κ3) is 4.24. The summed E-state index contributed by atoms with van der Waals surface area (Å²) in [6.07, 6.45) is 4.76. The van der Waals surface area contributed by atoms with Gasteiger partial charge in [0, 0.05) is 18.9 Å². The molecule has 4 N–H and O–H groups in total. The van der Waals surface area contributed by atoms with Gasteiger partial charge in [0.2, 0.25) is 5.91 Å². The monoisotopic (exact) mass is 264 g/mol. The molecule has 0 spiro atoms. The van der Waals surface area contributed by atoms with E-state index in [4.69, 9.17) is 10.9 Å². The van der Waals surface area contributed by atoms with Gasteiger partial charge in [0.05, 0.1) is 5.92 Å². The third-order valence-corrected chi connectivity index (χ3v) is 2.96. The van der Waals surface area contributed by atoms with Gasteiger partial charge in [-0.3, -0.25) is 9.78 Å². The largest absolute Gasteiger partial charge is 0.409 e. The number of carbonyl (C=O) groups excluding carboxylic acids is 1. The molecule has 0 aliphatic heterocycles. The van der Waals surface area contributed by atoms with Crippen molar-refractivity contribution in [2.24, 2.45) is 16.8 Å². The Hall–Kier alpha value is -2.11. The highest BCUT2D eigenvalue weighted by molar-refractivity contribution is 6.01. The van der Waals surface area contributed by atoms with Crippen LogP contribution in [0, 0.1) is 12.8 Å². The highest BCUT2D eigenvalue weighted by Gasteiger charge is 2.21. The Balaban J connectivity index is 2.65. The Kier molecular flexibility index (Phi) is 5.78. The van der Waals surface area contributed by atoms with E-state index in [2.05, 4.69) is 15.5 Å². The van der Waals surface area contributed by atoms with E-state index >= 15 is 0 Å². The highest BCUT2D eigenvalue weighted by Crippen LogP contribution is 2.09. The summed E-state index contributed by atoms with van der Waals surface area (Å²) in [5.41, 5.74) is 7.54. The van der Waals surface area contributed by atoms with Gasteiger partial charge in [-0.15, -0.1) is 0 Å². The van der Waals surface area contributed by atoms with Gasteiger partial charge >= 0.3 is 0 Å². The summed E-state index contributed by atoms with van der Waals surface area (Å²) in [5, 5.41) is 14.4. The van der Waals surface area contributed by atoms with Crippen molar-refractivity contribution in [3.63, 3.8) is 0 Å². The maximum absolute atomic E-state index is 12.0. The number of rotatable bonds is 6. The van der Waals surface area contributed by atoms with E-state index in [0.29, 0.717) is 13.0 Å². The van der Waals surface area contributed by atoms with Crippen LogP contribution in [0.1, 0.15) is 30.9 Å². The van der Waals surface area contributed by atoms with Crippen LogP contribution in [-0.4, -0.2) is 21.9 Å². The number of oxime groups is 1. The molecule has 0 fully saturated rings. The first-order valence-corrected chi connectivity index (χ1v) is 6.24. The van der Waals surface area contributed by atoms with E-state index in [9.17, 15) is 4.79 Å². The summed E-state index contributed by atoms with van der Waals surface area (Å²) in [6.45, 7) is 4.28. The SMILES string of the molecule is CCCC(C(=O)NCc1ccncc1C)/C(N)=N/O. The van der Waals surface area contributed by atoms with E-state index in [1.807, 2.05) is 19.9 Å². The van der Waals surface area contributed by atoms with Gasteiger partial charge in [-0.05, 0) is 30.5 Å². The Morgan fingerprint density at radius 3 is 2.95 bits per heavy atom. The van der Waals surface area contributed by atoms with Gasteiger partial charge in [-0.1, -0.05) is 18.5 Å². The van der Waals surface area contributed by atoms with Crippen molar-refractivity contribution in [1.29, 1.82) is 0 Å². The van der Waals surface area contributed by atoms with Gasteiger partial charge in [-0.25, -0.2) is 0 Å². The van der Waals surface area contributed by atoms with Crippen LogP contribution in [-0.2, 0) is 11.3 Å². The number of nitrogens with two attached hydrogens (primary N) is 1. The zero-order chi connectivity index (χ0) is 14.3. The molecule has 1 heterocycles. The summed E-state index contributed by atoms with van der Waals surface area (Å²) in [4.78, 5) is 16.0. The Bertz CT molecular complexity index is 460. The number of nitrogens with one attached hydrogen (secondary N) is 1. The average Bonchev–Trinajstić information content (AvgIpc) is 2.42. The van der Waals surface area contributed by atoms with Crippen molar-refractivity contribution in [3.05, 3.63) is 29.6 Å². The van der Waals surface area contributed by atoms with Gasteiger partial charge in [-0.2, -0.15) is 0 Å². The lowest BCUT2D eigenvalue weighted by molar-refractivity contribution is -0.123. The molecule has 104 valence electrons. The zero-order valence-electron chi connectivity index (χ0n) is 11.3. The number of carbonyl (C=O) groups is 1. The topological polar surface area (TPSA) is 101 Å². The maximum atomic E-state index is 12.0. The quantitative estimate of drug-likeness (QED) is 0.311. The van der Waals surface area contributed by atoms with Crippen LogP contribution in [0.5, 0.6) is 0 Å². The first-order valence-electron chi connectivity index (χ1n) is 6.24. The van der Waals surface area contributed by atoms with Gasteiger partial charge < -0.3 is 16.3 Å². The molecule has 6 heteroatoms. The van der Waals surface area contributed by atoms with E-state index < -0.39 is 5.92 Å². The van der Waals surface area contributed by atoms with Crippen molar-refractivity contribution in [1.82, 2.24) is 10.3 Å². The van der Waals surface area contributed by atoms with Crippen molar-refractivity contribution >= 4 is 11.7 Å². The lowest BCUT2D eigenvalue weighted by Crippen LogP contribution is -2.38. The first kappa shape index (κ1) is 14.9. The lowest BCUT2D eigenvalue weighted by Gasteiger charge is -2.15. The molecule has 1 rings (SSSR count). The summed E-state index contributed by atoms with van der Waals surface area (Å²) in [6, 6.07) is 1.86. The molecule has 1 amide bonds. The van der Waals surface area contributed by atoms with Crippen LogP contribution >= 0.6 is 0 Å². The average molecular weight is 264 g/mol. The molecule has 6 nitrogen and oxygen atoms in total. The second-order valence-corrected chi connectivity index (χ2v) is 4.39. The molecule has 19 heavy (non-hydrogen) atoms. The van der Waals surface area contributed by atoms with Crippen molar-refractivity contribution in [3.8, 4) is 0 Å². The molecule has 1 aromatic rings. The standard InChI is InChI=1S/C13H20N4O2/c1-3-4-11(12(14)17-19)13(18)16-8-10-5-6-15-7-9(10)2/h5-7,11,19H,3-4,8H2,1-2H3,(H2,14,17)(H,16,18). The van der Waals surface area contributed by atoms with Crippen LogP contribution in [0.2, 0.25) is 0 Å². The molecule has 0 radical (unpaired) electrons. The van der Waals surface area contributed by atoms with Crippen LogP contribution in [0.4, 0.5) is 0 Å². The Morgan fingerprint density at radius 2 is 2.37 bits per heavy atom. The predicted molar refractivity (Wildman–Crippen MR) is 72.6 cm³/mol. The van der Waals surface area contributed by atoms with E-state index in [-0.39, 0.29) is 11.7 Å². The first-order chi connectivity index (χ1) is 9.10. The fourth-order valence-corrected chi connectivity index (χ4v) is 1.78. The molecular weight excluding hydrogens is 244 g/mol. The maximum Gasteiger partial charge on any atom is 0.231 e. The minimum atomic E-state index is -0.586. The van der Waals surface area contributed by atoms with E-state index in [0.717, 1.165) is 17.5 Å². The number of hydrogen-bond donors (Lipinski definition) is 3. The second-order valence-electron chi connectivity index (χ2n) is 4.39. The Labute approximate surface area is 112 Å². The molecule has 0 bridgehead atoms. The van der Waals surface area contributed by atoms with E-state index in [1.54, 1.807) is 12.4 Å². The number of hydrogen-bond acceptors (Lipinski definition) is 4. The molecule has 0 saturated heterocycles. The Morgan fingerprint density at radius 1 is 1.63 bits per heavy atom. The minimum Gasteiger partial charge on any atom is -0.409 e. The number of amidine groups is 1. The van der Waals surface area contributed by atoms with E-state index in [1.165, 1.54) is 0 Å². The third-order valence-electron chi connectivity index (χ3n) is 2.96. The lowest BCUT2D eigenvalue weighted by atomic mass is 10.0. The van der Waals surface area contributed by atoms with Crippen molar-refractivity contribution in [2.75, 3.05) is 0 Å². The molecule has 1 aromatic heterocycles. The minimum absolute atomic E-state index is 0.0502. The number of aryl methyl sites for hydroxylation is 1. The fourth-order valence-electron chi connectivity index (χ4n) is 1.78. The summed E-state index contributed by atoms with van der Waals surface area (Å²) in [5.74, 6) is -0.865. The number of pyridine rings is 1. The highest BCUT2D eigenvalue weighted by atomic mass is 16.4. The second kappa shape index (κ2) is 7.35. The van der Waals surface area contributed by atoms with Crippen molar-refractivity contribution in [2.45, 2.75) is 33.2 Å².